The Bertz CT molecular complexity index is 773. The number of benzene rings is 1. The molecule has 0 heterocycles. The number of sulfonamides is 2. The van der Waals surface area contributed by atoms with Crippen LogP contribution < -0.4 is 13.9 Å². The summed E-state index contributed by atoms with van der Waals surface area (Å²) in [5, 5.41) is 0. The first-order chi connectivity index (χ1) is 11.6. The second-order valence-electron chi connectivity index (χ2n) is 5.78. The van der Waals surface area contributed by atoms with E-state index in [0.29, 0.717) is 5.69 Å². The van der Waals surface area contributed by atoms with Crippen molar-refractivity contribution in [1.82, 2.24) is 4.72 Å². The number of rotatable bonds is 10. The van der Waals surface area contributed by atoms with Crippen LogP contribution in [0.1, 0.15) is 26.3 Å². The Morgan fingerprint density at radius 3 is 2.08 bits per heavy atom. The maximum absolute atomic E-state index is 12.2. The van der Waals surface area contributed by atoms with Crippen molar-refractivity contribution in [2.45, 2.75) is 27.7 Å². The normalized spacial score (nSPS) is 12.2. The second-order valence-corrected chi connectivity index (χ2v) is 9.78. The van der Waals surface area contributed by atoms with Gasteiger partial charge in [0.05, 0.1) is 17.7 Å². The SMILES string of the molecule is CCN(CC)c1ccc(N(CCNS(=O)(=O)CC)S(C)(=O)=O)c(C)c1. The van der Waals surface area contributed by atoms with Crippen molar-refractivity contribution in [2.75, 3.05) is 47.4 Å². The van der Waals surface area contributed by atoms with Crippen molar-refractivity contribution in [1.29, 1.82) is 0 Å². The molecule has 0 radical (unpaired) electrons. The summed E-state index contributed by atoms with van der Waals surface area (Å²) in [6.45, 7) is 9.33. The van der Waals surface area contributed by atoms with Gasteiger partial charge in [-0.05, 0) is 51.5 Å². The number of nitrogens with one attached hydrogen (secondary N) is 1. The Hall–Kier alpha value is -1.32. The smallest absolute Gasteiger partial charge is 0.232 e. The van der Waals surface area contributed by atoms with Crippen LogP contribution in [0.3, 0.4) is 0 Å². The van der Waals surface area contributed by atoms with Crippen LogP contribution in [0.4, 0.5) is 11.4 Å². The lowest BCUT2D eigenvalue weighted by Gasteiger charge is -2.27. The zero-order chi connectivity index (χ0) is 19.3. The van der Waals surface area contributed by atoms with Gasteiger partial charge in [-0.2, -0.15) is 0 Å². The number of aryl methyl sites for hydroxylation is 1. The van der Waals surface area contributed by atoms with Crippen molar-refractivity contribution in [3.8, 4) is 0 Å². The quantitative estimate of drug-likeness (QED) is 0.654. The van der Waals surface area contributed by atoms with Crippen LogP contribution in [0, 0.1) is 6.92 Å². The molecule has 1 N–H and O–H groups in total. The molecule has 0 unspecified atom stereocenters. The van der Waals surface area contributed by atoms with Crippen LogP contribution in [0.25, 0.3) is 0 Å². The number of hydrogen-bond acceptors (Lipinski definition) is 5. The molecule has 0 saturated carbocycles. The second kappa shape index (κ2) is 8.86. The van der Waals surface area contributed by atoms with Gasteiger partial charge in [0, 0.05) is 31.9 Å². The summed E-state index contributed by atoms with van der Waals surface area (Å²) in [5.74, 6) is -0.0382. The largest absolute Gasteiger partial charge is 0.372 e. The Kier molecular flexibility index (Phi) is 7.70. The van der Waals surface area contributed by atoms with E-state index >= 15 is 0 Å². The topological polar surface area (TPSA) is 86.8 Å². The minimum Gasteiger partial charge on any atom is -0.372 e. The molecule has 144 valence electrons. The van der Waals surface area contributed by atoms with Crippen LogP contribution in [0.5, 0.6) is 0 Å². The minimum absolute atomic E-state index is 0.0283. The maximum atomic E-state index is 12.2. The van der Waals surface area contributed by atoms with Gasteiger partial charge in [0.2, 0.25) is 20.0 Å². The Balaban J connectivity index is 3.08. The molecule has 0 bridgehead atoms. The van der Waals surface area contributed by atoms with Gasteiger partial charge in [0.15, 0.2) is 0 Å². The van der Waals surface area contributed by atoms with Gasteiger partial charge in [-0.1, -0.05) is 0 Å². The van der Waals surface area contributed by atoms with Gasteiger partial charge >= 0.3 is 0 Å². The van der Waals surface area contributed by atoms with Gasteiger partial charge in [-0.3, -0.25) is 4.31 Å². The average molecular weight is 392 g/mol. The van der Waals surface area contributed by atoms with E-state index in [0.717, 1.165) is 30.6 Å². The third-order valence-electron chi connectivity index (χ3n) is 3.99. The summed E-state index contributed by atoms with van der Waals surface area (Å²) in [6.07, 6.45) is 1.12. The van der Waals surface area contributed by atoms with Crippen molar-refractivity contribution in [2.24, 2.45) is 0 Å². The molecule has 0 saturated heterocycles. The van der Waals surface area contributed by atoms with Crippen LogP contribution >= 0.6 is 0 Å². The van der Waals surface area contributed by atoms with E-state index in [9.17, 15) is 16.8 Å². The summed E-state index contributed by atoms with van der Waals surface area (Å²) in [4.78, 5) is 2.18. The van der Waals surface area contributed by atoms with Crippen molar-refractivity contribution in [3.05, 3.63) is 23.8 Å². The zero-order valence-corrected chi connectivity index (χ0v) is 17.2. The fourth-order valence-corrected chi connectivity index (χ4v) is 4.17. The lowest BCUT2D eigenvalue weighted by Crippen LogP contribution is -2.39. The first-order valence-corrected chi connectivity index (χ1v) is 11.9. The third kappa shape index (κ3) is 6.16. The molecule has 1 rings (SSSR count). The fraction of sp³-hybridized carbons (Fsp3) is 0.625. The van der Waals surface area contributed by atoms with Crippen molar-refractivity contribution >= 4 is 31.4 Å². The maximum Gasteiger partial charge on any atom is 0.232 e. The van der Waals surface area contributed by atoms with Crippen LogP contribution in [-0.4, -0.2) is 55.0 Å². The Morgan fingerprint density at radius 2 is 1.64 bits per heavy atom. The molecule has 0 aliphatic heterocycles. The lowest BCUT2D eigenvalue weighted by atomic mass is 10.1. The molecule has 7 nitrogen and oxygen atoms in total. The number of nitrogens with zero attached hydrogens (tertiary/aromatic N) is 2. The molecule has 0 aliphatic rings. The van der Waals surface area contributed by atoms with Gasteiger partial charge in [0.25, 0.3) is 0 Å². The summed E-state index contributed by atoms with van der Waals surface area (Å²) < 4.78 is 51.1. The van der Waals surface area contributed by atoms with Gasteiger partial charge < -0.3 is 4.90 Å². The zero-order valence-electron chi connectivity index (χ0n) is 15.6. The average Bonchev–Trinajstić information content (AvgIpc) is 2.52. The Labute approximate surface area is 152 Å². The molecular formula is C16H29N3O4S2. The highest BCUT2D eigenvalue weighted by atomic mass is 32.2. The van der Waals surface area contributed by atoms with Gasteiger partial charge in [-0.25, -0.2) is 21.6 Å². The Morgan fingerprint density at radius 1 is 1.04 bits per heavy atom. The monoisotopic (exact) mass is 391 g/mol. The summed E-state index contributed by atoms with van der Waals surface area (Å²) >= 11 is 0. The molecule has 1 aromatic carbocycles. The highest BCUT2D eigenvalue weighted by molar-refractivity contribution is 7.92. The minimum atomic E-state index is -3.52. The highest BCUT2D eigenvalue weighted by Gasteiger charge is 2.20. The molecule has 0 aromatic heterocycles. The molecule has 1 aromatic rings. The first kappa shape index (κ1) is 21.7. The van der Waals surface area contributed by atoms with E-state index in [1.807, 2.05) is 19.1 Å². The standard InChI is InChI=1S/C16H29N3O4S2/c1-6-18(7-2)15-9-10-16(14(4)13-15)19(24(5,20)21)12-11-17-25(22,23)8-3/h9-10,13,17H,6-8,11-12H2,1-5H3. The first-order valence-electron chi connectivity index (χ1n) is 8.36. The molecule has 0 atom stereocenters. The fourth-order valence-electron chi connectivity index (χ4n) is 2.57. The van der Waals surface area contributed by atoms with Gasteiger partial charge in [0.1, 0.15) is 0 Å². The summed E-state index contributed by atoms with van der Waals surface area (Å²) in [7, 11) is -6.88. The molecule has 0 spiro atoms. The van der Waals surface area contributed by atoms with E-state index in [2.05, 4.69) is 23.5 Å². The van der Waals surface area contributed by atoms with Crippen molar-refractivity contribution in [3.63, 3.8) is 0 Å². The molecular weight excluding hydrogens is 362 g/mol. The van der Waals surface area contributed by atoms with Crippen molar-refractivity contribution < 1.29 is 16.8 Å². The molecule has 9 heteroatoms. The summed E-state index contributed by atoms with van der Waals surface area (Å²) in [5.41, 5.74) is 2.42. The van der Waals surface area contributed by atoms with E-state index in [-0.39, 0.29) is 18.8 Å². The molecule has 0 fully saturated rings. The van der Waals surface area contributed by atoms with Crippen LogP contribution in [-0.2, 0) is 20.0 Å². The third-order valence-corrected chi connectivity index (χ3v) is 6.58. The highest BCUT2D eigenvalue weighted by Crippen LogP contribution is 2.27. The number of hydrogen-bond donors (Lipinski definition) is 1. The molecule has 0 amide bonds. The summed E-state index contributed by atoms with van der Waals surface area (Å²) in [6, 6.07) is 5.62. The lowest BCUT2D eigenvalue weighted by molar-refractivity contribution is 0.579. The van der Waals surface area contributed by atoms with E-state index in [1.54, 1.807) is 6.07 Å². The van der Waals surface area contributed by atoms with E-state index < -0.39 is 20.0 Å². The van der Waals surface area contributed by atoms with Gasteiger partial charge in [-0.15, -0.1) is 0 Å². The molecule has 25 heavy (non-hydrogen) atoms. The predicted octanol–water partition coefficient (Wildman–Crippen LogP) is 1.55. The van der Waals surface area contributed by atoms with Crippen LogP contribution in [0.15, 0.2) is 18.2 Å². The number of anilines is 2. The van der Waals surface area contributed by atoms with E-state index in [4.69, 9.17) is 0 Å². The molecule has 0 aliphatic carbocycles. The predicted molar refractivity (Wildman–Crippen MR) is 104 cm³/mol. The van der Waals surface area contributed by atoms with Crippen LogP contribution in [0.2, 0.25) is 0 Å². The van der Waals surface area contributed by atoms with E-state index in [1.165, 1.54) is 11.2 Å².